The number of sulfone groups is 2. The largest absolute Gasteiger partial charge is 0.264 e. The van der Waals surface area contributed by atoms with Crippen molar-refractivity contribution in [1.29, 1.82) is 0 Å². The van der Waals surface area contributed by atoms with E-state index in [0.29, 0.717) is 17.9 Å². The topological polar surface area (TPSA) is 106 Å². The SMILES string of the molecule is CC1=NCC(/C(=C/c2cccc(-c3cc(C(C)(C)S(C)(=O)=O)cc4cccnc34)c2)c2ccc(S(C)(=O)=O)cc2)=N1. The summed E-state index contributed by atoms with van der Waals surface area (Å²) in [5.41, 5.74) is 6.56. The normalized spacial score (nSPS) is 14.7. The molecule has 5 rings (SSSR count). The molecule has 1 aliphatic heterocycles. The predicted octanol–water partition coefficient (Wildman–Crippen LogP) is 6.00. The summed E-state index contributed by atoms with van der Waals surface area (Å²) in [7, 11) is -6.72. The van der Waals surface area contributed by atoms with Gasteiger partial charge in [-0.1, -0.05) is 36.4 Å². The Morgan fingerprint density at radius 1 is 0.902 bits per heavy atom. The van der Waals surface area contributed by atoms with E-state index in [1.807, 2.05) is 61.5 Å². The summed E-state index contributed by atoms with van der Waals surface area (Å²) in [6.07, 6.45) is 6.20. The van der Waals surface area contributed by atoms with Crippen molar-refractivity contribution >= 4 is 53.8 Å². The third-order valence-electron chi connectivity index (χ3n) is 7.49. The molecule has 0 saturated carbocycles. The van der Waals surface area contributed by atoms with E-state index in [9.17, 15) is 16.8 Å². The zero-order chi connectivity index (χ0) is 29.6. The standard InChI is InChI=1S/C32H31N3O4S2/c1-21-34-20-30(35-21)28(23-11-13-27(14-12-23)40(4,36)37)17-22-8-6-9-24(16-22)29-19-26(32(2,3)41(5,38)39)18-25-10-7-15-33-31(25)29/h6-19H,20H2,1-5H3/b28-17+. The molecule has 0 aliphatic carbocycles. The molecule has 0 fully saturated rings. The Morgan fingerprint density at radius 3 is 2.27 bits per heavy atom. The van der Waals surface area contributed by atoms with Crippen LogP contribution in [0.4, 0.5) is 0 Å². The van der Waals surface area contributed by atoms with E-state index in [1.165, 1.54) is 12.5 Å². The Labute approximate surface area is 241 Å². The molecule has 0 unspecified atom stereocenters. The van der Waals surface area contributed by atoms with Crippen LogP contribution >= 0.6 is 0 Å². The van der Waals surface area contributed by atoms with Gasteiger partial charge in [0.2, 0.25) is 0 Å². The number of benzene rings is 3. The first-order valence-electron chi connectivity index (χ1n) is 13.0. The number of hydrogen-bond acceptors (Lipinski definition) is 7. The van der Waals surface area contributed by atoms with E-state index in [2.05, 4.69) is 15.0 Å². The van der Waals surface area contributed by atoms with Gasteiger partial charge in [-0.05, 0) is 85.5 Å². The van der Waals surface area contributed by atoms with Gasteiger partial charge in [0.25, 0.3) is 0 Å². The highest BCUT2D eigenvalue weighted by Gasteiger charge is 2.33. The first kappa shape index (κ1) is 28.6. The van der Waals surface area contributed by atoms with Crippen LogP contribution in [0.25, 0.3) is 33.7 Å². The van der Waals surface area contributed by atoms with Crippen LogP contribution in [0.2, 0.25) is 0 Å². The van der Waals surface area contributed by atoms with E-state index in [-0.39, 0.29) is 4.90 Å². The summed E-state index contributed by atoms with van der Waals surface area (Å²) in [5, 5.41) is 0.859. The molecule has 1 aliphatic rings. The fourth-order valence-electron chi connectivity index (χ4n) is 4.75. The van der Waals surface area contributed by atoms with Crippen molar-refractivity contribution in [3.8, 4) is 11.1 Å². The van der Waals surface area contributed by atoms with Crippen molar-refractivity contribution in [2.45, 2.75) is 30.4 Å². The van der Waals surface area contributed by atoms with Crippen LogP contribution in [-0.4, -0.2) is 52.4 Å². The predicted molar refractivity (Wildman–Crippen MR) is 168 cm³/mol. The van der Waals surface area contributed by atoms with E-state index < -0.39 is 24.4 Å². The molecule has 210 valence electrons. The lowest BCUT2D eigenvalue weighted by Crippen LogP contribution is -2.28. The second-order valence-corrected chi connectivity index (χ2v) is 15.4. The number of hydrogen-bond donors (Lipinski definition) is 0. The van der Waals surface area contributed by atoms with Crippen molar-refractivity contribution in [3.05, 3.63) is 95.7 Å². The van der Waals surface area contributed by atoms with Crippen molar-refractivity contribution in [2.24, 2.45) is 9.98 Å². The second kappa shape index (κ2) is 10.5. The molecule has 0 saturated heterocycles. The molecule has 0 radical (unpaired) electrons. The van der Waals surface area contributed by atoms with Crippen LogP contribution in [-0.2, 0) is 24.4 Å². The molecule has 0 bridgehead atoms. The van der Waals surface area contributed by atoms with Crippen molar-refractivity contribution < 1.29 is 16.8 Å². The highest BCUT2D eigenvalue weighted by molar-refractivity contribution is 7.91. The van der Waals surface area contributed by atoms with Gasteiger partial charge >= 0.3 is 0 Å². The zero-order valence-electron chi connectivity index (χ0n) is 23.6. The molecular formula is C32H31N3O4S2. The molecule has 1 aromatic heterocycles. The Balaban J connectivity index is 1.66. The van der Waals surface area contributed by atoms with Gasteiger partial charge < -0.3 is 0 Å². The van der Waals surface area contributed by atoms with Crippen LogP contribution in [0.1, 0.15) is 37.5 Å². The molecule has 2 heterocycles. The van der Waals surface area contributed by atoms with Gasteiger partial charge in [-0.15, -0.1) is 0 Å². The Kier molecular flexibility index (Phi) is 7.29. The van der Waals surface area contributed by atoms with E-state index >= 15 is 0 Å². The maximum absolute atomic E-state index is 12.7. The number of aromatic nitrogens is 1. The van der Waals surface area contributed by atoms with Gasteiger partial charge in [-0.2, -0.15) is 0 Å². The lowest BCUT2D eigenvalue weighted by molar-refractivity contribution is 0.561. The Hall–Kier alpha value is -3.95. The summed E-state index contributed by atoms with van der Waals surface area (Å²) in [6.45, 7) is 5.72. The second-order valence-electron chi connectivity index (χ2n) is 10.8. The van der Waals surface area contributed by atoms with Gasteiger partial charge in [0, 0.05) is 35.2 Å². The zero-order valence-corrected chi connectivity index (χ0v) is 25.2. The van der Waals surface area contributed by atoms with Crippen LogP contribution in [0.5, 0.6) is 0 Å². The number of rotatable bonds is 7. The van der Waals surface area contributed by atoms with Gasteiger partial charge in [-0.25, -0.2) is 21.8 Å². The maximum Gasteiger partial charge on any atom is 0.175 e. The summed E-state index contributed by atoms with van der Waals surface area (Å²) >= 11 is 0. The quantitative estimate of drug-likeness (QED) is 0.247. The number of nitrogens with zero attached hydrogens (tertiary/aromatic N) is 3. The average molecular weight is 586 g/mol. The molecular weight excluding hydrogens is 555 g/mol. The number of fused-ring (bicyclic) bond motifs is 1. The first-order chi connectivity index (χ1) is 19.2. The van der Waals surface area contributed by atoms with Gasteiger partial charge in [0.1, 0.15) is 5.84 Å². The molecule has 0 N–H and O–H groups in total. The monoisotopic (exact) mass is 585 g/mol. The third-order valence-corrected chi connectivity index (χ3v) is 10.7. The number of pyridine rings is 1. The lowest BCUT2D eigenvalue weighted by atomic mass is 9.92. The minimum atomic E-state index is -3.40. The molecule has 3 aromatic carbocycles. The average Bonchev–Trinajstić information content (AvgIpc) is 3.36. The summed E-state index contributed by atoms with van der Waals surface area (Å²) < 4.78 is 48.3. The molecule has 9 heteroatoms. The third kappa shape index (κ3) is 5.78. The summed E-state index contributed by atoms with van der Waals surface area (Å²) in [4.78, 5) is 13.9. The first-order valence-corrected chi connectivity index (χ1v) is 16.8. The fourth-order valence-corrected chi connectivity index (χ4v) is 5.93. The number of amidine groups is 1. The smallest absolute Gasteiger partial charge is 0.175 e. The minimum absolute atomic E-state index is 0.250. The maximum atomic E-state index is 12.7. The van der Waals surface area contributed by atoms with Crippen LogP contribution in [0, 0.1) is 0 Å². The Morgan fingerprint density at radius 2 is 1.63 bits per heavy atom. The van der Waals surface area contributed by atoms with Gasteiger partial charge in [-0.3, -0.25) is 9.98 Å². The summed E-state index contributed by atoms with van der Waals surface area (Å²) in [6, 6.07) is 22.3. The van der Waals surface area contributed by atoms with Crippen molar-refractivity contribution in [2.75, 3.05) is 19.1 Å². The fraction of sp³-hybridized carbons (Fsp3) is 0.219. The highest BCUT2D eigenvalue weighted by atomic mass is 32.2. The molecule has 4 aromatic rings. The molecule has 0 amide bonds. The van der Waals surface area contributed by atoms with Crippen LogP contribution in [0.3, 0.4) is 0 Å². The van der Waals surface area contributed by atoms with E-state index in [0.717, 1.165) is 44.4 Å². The highest BCUT2D eigenvalue weighted by Crippen LogP contribution is 2.37. The lowest BCUT2D eigenvalue weighted by Gasteiger charge is -2.24. The molecule has 0 spiro atoms. The van der Waals surface area contributed by atoms with E-state index in [4.69, 9.17) is 0 Å². The van der Waals surface area contributed by atoms with Crippen LogP contribution < -0.4 is 0 Å². The van der Waals surface area contributed by atoms with Crippen molar-refractivity contribution in [3.63, 3.8) is 0 Å². The van der Waals surface area contributed by atoms with E-state index in [1.54, 1.807) is 44.3 Å². The molecule has 7 nitrogen and oxygen atoms in total. The van der Waals surface area contributed by atoms with Crippen molar-refractivity contribution in [1.82, 2.24) is 4.98 Å². The van der Waals surface area contributed by atoms with Gasteiger partial charge in [0.15, 0.2) is 19.7 Å². The van der Waals surface area contributed by atoms with Gasteiger partial charge in [0.05, 0.1) is 27.4 Å². The summed E-state index contributed by atoms with van der Waals surface area (Å²) in [5.74, 6) is 0.690. The minimum Gasteiger partial charge on any atom is -0.264 e. The molecule has 0 atom stereocenters. The Bertz CT molecular complexity index is 1990. The molecule has 41 heavy (non-hydrogen) atoms. The van der Waals surface area contributed by atoms with Crippen LogP contribution in [0.15, 0.2) is 93.9 Å². The number of aliphatic imine (C=N–C) groups is 2.